The average Bonchev–Trinajstić information content (AvgIpc) is 3.12. The highest BCUT2D eigenvalue weighted by molar-refractivity contribution is 6.21. The number of nitrogens with zero attached hydrogens (tertiary/aromatic N) is 1. The van der Waals surface area contributed by atoms with Gasteiger partial charge in [0.2, 0.25) is 0 Å². The van der Waals surface area contributed by atoms with Crippen LogP contribution in [0.3, 0.4) is 0 Å². The summed E-state index contributed by atoms with van der Waals surface area (Å²) < 4.78 is 0. The Bertz CT molecular complexity index is 2530. The zero-order valence-corrected chi connectivity index (χ0v) is 24.7. The van der Waals surface area contributed by atoms with Gasteiger partial charge < -0.3 is 4.90 Å². The Morgan fingerprint density at radius 2 is 0.756 bits per heavy atom. The third kappa shape index (κ3) is 4.24. The molecule has 0 bridgehead atoms. The molecule has 0 heterocycles. The van der Waals surface area contributed by atoms with Crippen LogP contribution >= 0.6 is 0 Å². The Kier molecular flexibility index (Phi) is 5.89. The predicted octanol–water partition coefficient (Wildman–Crippen LogP) is 12.6. The van der Waals surface area contributed by atoms with E-state index in [1.54, 1.807) is 0 Å². The number of hydrogen-bond donors (Lipinski definition) is 0. The van der Waals surface area contributed by atoms with Crippen molar-refractivity contribution in [2.75, 3.05) is 4.90 Å². The Balaban J connectivity index is 1.35. The van der Waals surface area contributed by atoms with Gasteiger partial charge >= 0.3 is 0 Å². The lowest BCUT2D eigenvalue weighted by Gasteiger charge is -2.28. The van der Waals surface area contributed by atoms with Gasteiger partial charge in [-0.25, -0.2) is 0 Å². The quantitative estimate of drug-likeness (QED) is 0.190. The summed E-state index contributed by atoms with van der Waals surface area (Å²) in [6.07, 6.45) is 0. The van der Waals surface area contributed by atoms with E-state index in [4.69, 9.17) is 0 Å². The van der Waals surface area contributed by atoms with Crippen molar-refractivity contribution in [2.24, 2.45) is 0 Å². The molecule has 210 valence electrons. The fourth-order valence-electron chi connectivity index (χ4n) is 7.02. The van der Waals surface area contributed by atoms with Gasteiger partial charge in [-0.05, 0) is 89.9 Å². The molecule has 1 heteroatoms. The normalized spacial score (nSPS) is 11.6. The van der Waals surface area contributed by atoms with E-state index in [1.165, 1.54) is 70.7 Å². The molecule has 0 aliphatic carbocycles. The van der Waals surface area contributed by atoms with Crippen LogP contribution in [0.1, 0.15) is 0 Å². The van der Waals surface area contributed by atoms with Crippen LogP contribution in [0, 0.1) is 0 Å². The van der Waals surface area contributed by atoms with Gasteiger partial charge in [-0.3, -0.25) is 0 Å². The van der Waals surface area contributed by atoms with E-state index in [-0.39, 0.29) is 0 Å². The van der Waals surface area contributed by atoms with Crippen LogP contribution in [0.15, 0.2) is 176 Å². The second-order valence-electron chi connectivity index (χ2n) is 11.8. The molecule has 0 aromatic heterocycles. The molecular formula is C44H29N. The molecule has 0 N–H and O–H groups in total. The minimum absolute atomic E-state index is 1.12. The number of anilines is 3. The van der Waals surface area contributed by atoms with Crippen LogP contribution in [0.4, 0.5) is 17.1 Å². The summed E-state index contributed by atoms with van der Waals surface area (Å²) in [4.78, 5) is 2.44. The molecule has 9 aromatic rings. The van der Waals surface area contributed by atoms with Gasteiger partial charge in [0.1, 0.15) is 0 Å². The molecule has 0 unspecified atom stereocenters. The van der Waals surface area contributed by atoms with Crippen molar-refractivity contribution in [2.45, 2.75) is 0 Å². The molecule has 1 nitrogen and oxygen atoms in total. The van der Waals surface area contributed by atoms with Crippen molar-refractivity contribution < 1.29 is 0 Å². The number of benzene rings is 9. The summed E-state index contributed by atoms with van der Waals surface area (Å²) >= 11 is 0. The van der Waals surface area contributed by atoms with Crippen molar-refractivity contribution in [3.63, 3.8) is 0 Å². The van der Waals surface area contributed by atoms with Crippen LogP contribution in [0.25, 0.3) is 65.0 Å². The number of hydrogen-bond acceptors (Lipinski definition) is 1. The SMILES string of the molecule is c1ccc(-c2ccc(N(c3ccc4ccc5ccccc5c4c3)c3cc4c5ccccc5ccc4c4ccccc34)cc2)cc1. The lowest BCUT2D eigenvalue weighted by molar-refractivity contribution is 1.31. The molecule has 9 rings (SSSR count). The highest BCUT2D eigenvalue weighted by Gasteiger charge is 2.19. The number of fused-ring (bicyclic) bond motifs is 8. The maximum atomic E-state index is 2.44. The molecule has 0 atom stereocenters. The van der Waals surface area contributed by atoms with E-state index in [9.17, 15) is 0 Å². The van der Waals surface area contributed by atoms with E-state index in [0.29, 0.717) is 0 Å². The monoisotopic (exact) mass is 571 g/mol. The van der Waals surface area contributed by atoms with Crippen LogP contribution in [-0.2, 0) is 0 Å². The smallest absolute Gasteiger partial charge is 0.0546 e. The van der Waals surface area contributed by atoms with Crippen molar-refractivity contribution in [3.8, 4) is 11.1 Å². The average molecular weight is 572 g/mol. The predicted molar refractivity (Wildman–Crippen MR) is 194 cm³/mol. The molecule has 0 aliphatic rings. The van der Waals surface area contributed by atoms with E-state index >= 15 is 0 Å². The second kappa shape index (κ2) is 10.4. The molecule has 0 aliphatic heterocycles. The van der Waals surface area contributed by atoms with Crippen molar-refractivity contribution >= 4 is 70.9 Å². The van der Waals surface area contributed by atoms with Crippen LogP contribution in [-0.4, -0.2) is 0 Å². The Hall–Kier alpha value is -5.92. The fourth-order valence-corrected chi connectivity index (χ4v) is 7.02. The lowest BCUT2D eigenvalue weighted by atomic mass is 9.94. The summed E-state index contributed by atoms with van der Waals surface area (Å²) in [5.41, 5.74) is 5.85. The summed E-state index contributed by atoms with van der Waals surface area (Å²) in [6, 6.07) is 64.1. The Morgan fingerprint density at radius 3 is 1.49 bits per heavy atom. The molecule has 45 heavy (non-hydrogen) atoms. The first-order valence-electron chi connectivity index (χ1n) is 15.5. The zero-order chi connectivity index (χ0) is 29.7. The molecule has 0 radical (unpaired) electrons. The van der Waals surface area contributed by atoms with Gasteiger partial charge in [-0.15, -0.1) is 0 Å². The van der Waals surface area contributed by atoms with Crippen LogP contribution in [0.2, 0.25) is 0 Å². The van der Waals surface area contributed by atoms with Crippen molar-refractivity contribution in [1.82, 2.24) is 0 Å². The third-order valence-electron chi connectivity index (χ3n) is 9.21. The first kappa shape index (κ1) is 25.6. The minimum Gasteiger partial charge on any atom is -0.310 e. The molecule has 9 aromatic carbocycles. The maximum Gasteiger partial charge on any atom is 0.0546 e. The molecule has 0 spiro atoms. The first-order chi connectivity index (χ1) is 22.3. The summed E-state index contributed by atoms with van der Waals surface area (Å²) in [5, 5.41) is 12.6. The zero-order valence-electron chi connectivity index (χ0n) is 24.7. The van der Waals surface area contributed by atoms with Crippen LogP contribution in [0.5, 0.6) is 0 Å². The standard InChI is InChI=1S/C44H29N/c1-2-10-30(11-3-1)31-20-24-35(25-21-31)45(36-26-22-34-19-18-32-12-4-6-14-37(32)42(34)28-36)44-29-43-38-15-7-5-13-33(38)23-27-40(43)39-16-8-9-17-41(39)44/h1-29H. The van der Waals surface area contributed by atoms with Gasteiger partial charge in [0.25, 0.3) is 0 Å². The molecule has 0 amide bonds. The molecular weight excluding hydrogens is 542 g/mol. The first-order valence-corrected chi connectivity index (χ1v) is 15.5. The van der Waals surface area contributed by atoms with Gasteiger partial charge in [-0.2, -0.15) is 0 Å². The lowest BCUT2D eigenvalue weighted by Crippen LogP contribution is -2.10. The Morgan fingerprint density at radius 1 is 0.267 bits per heavy atom. The molecule has 0 fully saturated rings. The molecule has 0 saturated carbocycles. The van der Waals surface area contributed by atoms with Crippen LogP contribution < -0.4 is 4.90 Å². The minimum atomic E-state index is 1.12. The largest absolute Gasteiger partial charge is 0.310 e. The third-order valence-corrected chi connectivity index (χ3v) is 9.21. The Labute approximate surface area is 262 Å². The van der Waals surface area contributed by atoms with Crippen molar-refractivity contribution in [1.29, 1.82) is 0 Å². The fraction of sp³-hybridized carbons (Fsp3) is 0. The maximum absolute atomic E-state index is 2.44. The topological polar surface area (TPSA) is 3.24 Å². The number of rotatable bonds is 4. The van der Waals surface area contributed by atoms with Gasteiger partial charge in [-0.1, -0.05) is 146 Å². The van der Waals surface area contributed by atoms with E-state index in [0.717, 1.165) is 11.4 Å². The highest BCUT2D eigenvalue weighted by atomic mass is 15.1. The van der Waals surface area contributed by atoms with E-state index in [2.05, 4.69) is 181 Å². The van der Waals surface area contributed by atoms with Gasteiger partial charge in [0, 0.05) is 16.8 Å². The van der Waals surface area contributed by atoms with Gasteiger partial charge in [0.05, 0.1) is 5.69 Å². The summed E-state index contributed by atoms with van der Waals surface area (Å²) in [5.74, 6) is 0. The summed E-state index contributed by atoms with van der Waals surface area (Å²) in [7, 11) is 0. The van der Waals surface area contributed by atoms with E-state index < -0.39 is 0 Å². The second-order valence-corrected chi connectivity index (χ2v) is 11.8. The van der Waals surface area contributed by atoms with Gasteiger partial charge in [0.15, 0.2) is 0 Å². The van der Waals surface area contributed by atoms with E-state index in [1.807, 2.05) is 0 Å². The van der Waals surface area contributed by atoms with Crippen molar-refractivity contribution in [3.05, 3.63) is 176 Å². The highest BCUT2D eigenvalue weighted by Crippen LogP contribution is 2.44. The summed E-state index contributed by atoms with van der Waals surface area (Å²) in [6.45, 7) is 0. The molecule has 0 saturated heterocycles.